The number of carbonyl (C=O) groups excluding carboxylic acids is 2. The number of benzene rings is 2. The lowest BCUT2D eigenvalue weighted by Crippen LogP contribution is -2.15. The minimum Gasteiger partial charge on any atom is -0.465 e. The maximum atomic E-state index is 13.6. The number of esters is 1. The van der Waals surface area contributed by atoms with Crippen LogP contribution in [0.25, 0.3) is 22.6 Å². The van der Waals surface area contributed by atoms with Gasteiger partial charge in [-0.2, -0.15) is 0 Å². The fourth-order valence-corrected chi connectivity index (χ4v) is 5.72. The number of fused-ring (bicyclic) bond motifs is 2. The van der Waals surface area contributed by atoms with E-state index in [-0.39, 0.29) is 18.9 Å². The molecule has 1 N–H and O–H groups in total. The average molecular weight is 550 g/mol. The normalized spacial score (nSPS) is 13.8. The molecule has 5 aromatic rings. The van der Waals surface area contributed by atoms with Crippen LogP contribution in [0, 0.1) is 6.92 Å². The van der Waals surface area contributed by atoms with Crippen LogP contribution >= 0.6 is 11.3 Å². The van der Waals surface area contributed by atoms with E-state index < -0.39 is 5.97 Å². The molecule has 1 amide bonds. The van der Waals surface area contributed by atoms with Gasteiger partial charge in [0.15, 0.2) is 0 Å². The average Bonchev–Trinajstić information content (AvgIpc) is 3.64. The second kappa shape index (κ2) is 11.3. The number of nitrogens with zero attached hydrogens (tertiary/aromatic N) is 2. The zero-order valence-corrected chi connectivity index (χ0v) is 22.8. The van der Waals surface area contributed by atoms with Crippen molar-refractivity contribution >= 4 is 51.5 Å². The molecule has 40 heavy (non-hydrogen) atoms. The molecule has 0 spiro atoms. The largest absolute Gasteiger partial charge is 0.465 e. The summed E-state index contributed by atoms with van der Waals surface area (Å²) in [4.78, 5) is 35.5. The molecular weight excluding hydrogens is 522 g/mol. The van der Waals surface area contributed by atoms with Crippen molar-refractivity contribution in [3.63, 3.8) is 0 Å². The predicted octanol–water partition coefficient (Wildman–Crippen LogP) is 7.01. The van der Waals surface area contributed by atoms with Gasteiger partial charge >= 0.3 is 5.97 Å². The topological polar surface area (TPSA) is 94.3 Å². The molecule has 0 radical (unpaired) electrons. The van der Waals surface area contributed by atoms with E-state index in [2.05, 4.69) is 10.3 Å². The highest BCUT2D eigenvalue weighted by molar-refractivity contribution is 7.09. The van der Waals surface area contributed by atoms with E-state index in [0.717, 1.165) is 64.0 Å². The SMILES string of the molecule is Cc1ccc(NC(=O)Cc2nc(COC(=O)c3c4c(nc5ccccc35)/C(=C/c3ccco3)CCC4)cs2)cc1. The number of ether oxygens (including phenoxy) is 1. The van der Waals surface area contributed by atoms with E-state index in [1.54, 1.807) is 6.26 Å². The minimum atomic E-state index is -0.402. The molecule has 7 nitrogen and oxygen atoms in total. The Labute approximate surface area is 235 Å². The monoisotopic (exact) mass is 549 g/mol. The Balaban J connectivity index is 1.20. The van der Waals surface area contributed by atoms with Gasteiger partial charge in [0, 0.05) is 16.5 Å². The maximum absolute atomic E-state index is 13.6. The molecular formula is C32H27N3O4S. The first-order valence-electron chi connectivity index (χ1n) is 13.2. The smallest absolute Gasteiger partial charge is 0.339 e. The zero-order chi connectivity index (χ0) is 27.5. The van der Waals surface area contributed by atoms with Crippen molar-refractivity contribution in [2.45, 2.75) is 39.2 Å². The third-order valence-corrected chi connectivity index (χ3v) is 7.73. The molecule has 0 aliphatic heterocycles. The number of hydrogen-bond acceptors (Lipinski definition) is 7. The van der Waals surface area contributed by atoms with Crippen LogP contribution < -0.4 is 5.32 Å². The summed E-state index contributed by atoms with van der Waals surface area (Å²) < 4.78 is 11.3. The molecule has 1 aliphatic carbocycles. The lowest BCUT2D eigenvalue weighted by molar-refractivity contribution is -0.115. The summed E-state index contributed by atoms with van der Waals surface area (Å²) >= 11 is 1.38. The van der Waals surface area contributed by atoms with Crippen LogP contribution in [0.3, 0.4) is 0 Å². The number of furan rings is 1. The summed E-state index contributed by atoms with van der Waals surface area (Å²) in [5, 5.41) is 6.15. The fraction of sp³-hybridized carbons (Fsp3) is 0.188. The number of carbonyl (C=O) groups is 2. The van der Waals surface area contributed by atoms with Crippen LogP contribution in [0.1, 0.15) is 56.5 Å². The lowest BCUT2D eigenvalue weighted by atomic mass is 9.86. The quantitative estimate of drug-likeness (QED) is 0.220. The molecule has 0 saturated heterocycles. The van der Waals surface area contributed by atoms with Crippen LogP contribution in [-0.2, 0) is 29.0 Å². The van der Waals surface area contributed by atoms with Crippen molar-refractivity contribution in [1.82, 2.24) is 9.97 Å². The van der Waals surface area contributed by atoms with Crippen molar-refractivity contribution in [3.05, 3.63) is 111 Å². The summed E-state index contributed by atoms with van der Waals surface area (Å²) in [6.07, 6.45) is 6.30. The van der Waals surface area contributed by atoms with Crippen LogP contribution in [0.2, 0.25) is 0 Å². The first-order valence-corrected chi connectivity index (χ1v) is 14.0. The maximum Gasteiger partial charge on any atom is 0.339 e. The van der Waals surface area contributed by atoms with Gasteiger partial charge in [0.25, 0.3) is 0 Å². The van der Waals surface area contributed by atoms with Crippen molar-refractivity contribution in [2.75, 3.05) is 5.32 Å². The van der Waals surface area contributed by atoms with Crippen LogP contribution in [-0.4, -0.2) is 21.8 Å². The fourth-order valence-electron chi connectivity index (χ4n) is 4.94. The molecule has 0 bridgehead atoms. The molecule has 0 atom stereocenters. The number of aromatic nitrogens is 2. The number of aryl methyl sites for hydroxylation is 1. The molecule has 3 heterocycles. The number of allylic oxidation sites excluding steroid dienone is 1. The second-order valence-corrected chi connectivity index (χ2v) is 10.7. The Morgan fingerprint density at radius 2 is 1.90 bits per heavy atom. The third kappa shape index (κ3) is 5.58. The summed E-state index contributed by atoms with van der Waals surface area (Å²) in [6.45, 7) is 2.02. The Morgan fingerprint density at radius 3 is 2.73 bits per heavy atom. The van der Waals surface area contributed by atoms with Crippen LogP contribution in [0.15, 0.2) is 76.7 Å². The Kier molecular flexibility index (Phi) is 7.25. The van der Waals surface area contributed by atoms with Gasteiger partial charge in [0.1, 0.15) is 17.4 Å². The Morgan fingerprint density at radius 1 is 1.05 bits per heavy atom. The van der Waals surface area contributed by atoms with Crippen LogP contribution in [0.5, 0.6) is 0 Å². The highest BCUT2D eigenvalue weighted by Gasteiger charge is 2.26. The van der Waals surface area contributed by atoms with Crippen LogP contribution in [0.4, 0.5) is 5.69 Å². The number of thiazole rings is 1. The molecule has 3 aromatic heterocycles. The molecule has 1 aliphatic rings. The molecule has 2 aromatic carbocycles. The van der Waals surface area contributed by atoms with E-state index >= 15 is 0 Å². The van der Waals surface area contributed by atoms with Gasteiger partial charge in [-0.05, 0) is 73.7 Å². The predicted molar refractivity (Wildman–Crippen MR) is 156 cm³/mol. The molecule has 0 saturated carbocycles. The number of nitrogens with one attached hydrogen (secondary N) is 1. The number of rotatable bonds is 7. The van der Waals surface area contributed by atoms with Gasteiger partial charge in [0.05, 0.1) is 35.2 Å². The van der Waals surface area contributed by atoms with E-state index in [9.17, 15) is 9.59 Å². The standard InChI is InChI=1S/C32H27N3O4S/c1-20-11-13-22(14-12-20)33-28(36)17-29-34-23(19-40-29)18-39-32(37)30-25-8-2-3-10-27(25)35-31-21(6-4-9-26(30)31)16-24-7-5-15-38-24/h2-3,5,7-8,10-16,19H,4,6,9,17-18H2,1H3,(H,33,36)/b21-16+. The summed E-state index contributed by atoms with van der Waals surface area (Å²) in [6, 6.07) is 19.1. The van der Waals surface area contributed by atoms with Gasteiger partial charge in [-0.1, -0.05) is 35.9 Å². The van der Waals surface area contributed by atoms with Crippen molar-refractivity contribution in [1.29, 1.82) is 0 Å². The number of pyridine rings is 1. The van der Waals surface area contributed by atoms with Crippen molar-refractivity contribution in [2.24, 2.45) is 0 Å². The summed E-state index contributed by atoms with van der Waals surface area (Å²) in [7, 11) is 0. The van der Waals surface area contributed by atoms with E-state index in [1.165, 1.54) is 11.3 Å². The second-order valence-electron chi connectivity index (χ2n) is 9.77. The van der Waals surface area contributed by atoms with Gasteiger partial charge in [-0.15, -0.1) is 11.3 Å². The molecule has 6 rings (SSSR count). The molecule has 0 fully saturated rings. The number of amides is 1. The van der Waals surface area contributed by atoms with E-state index in [4.69, 9.17) is 14.1 Å². The molecule has 0 unspecified atom stereocenters. The van der Waals surface area contributed by atoms with E-state index in [1.807, 2.05) is 79.0 Å². The van der Waals surface area contributed by atoms with Gasteiger partial charge in [0.2, 0.25) is 5.91 Å². The van der Waals surface area contributed by atoms with Crippen molar-refractivity contribution < 1.29 is 18.7 Å². The summed E-state index contributed by atoms with van der Waals surface area (Å²) in [5.41, 5.74) is 6.56. The van der Waals surface area contributed by atoms with E-state index in [0.29, 0.717) is 16.3 Å². The van der Waals surface area contributed by atoms with Gasteiger partial charge < -0.3 is 14.5 Å². The third-order valence-electron chi connectivity index (χ3n) is 6.83. The molecule has 8 heteroatoms. The van der Waals surface area contributed by atoms with Gasteiger partial charge in [-0.3, -0.25) is 4.79 Å². The first kappa shape index (κ1) is 25.7. The number of hydrogen-bond donors (Lipinski definition) is 1. The number of para-hydroxylation sites is 1. The minimum absolute atomic E-state index is 0.0232. The van der Waals surface area contributed by atoms with Crippen molar-refractivity contribution in [3.8, 4) is 0 Å². The summed E-state index contributed by atoms with van der Waals surface area (Å²) in [5.74, 6) is 0.213. The Hall–Kier alpha value is -4.56. The zero-order valence-electron chi connectivity index (χ0n) is 22.0. The Bertz CT molecular complexity index is 1720. The number of anilines is 1. The van der Waals surface area contributed by atoms with Gasteiger partial charge in [-0.25, -0.2) is 14.8 Å². The molecule has 200 valence electrons. The highest BCUT2D eigenvalue weighted by atomic mass is 32.1. The lowest BCUT2D eigenvalue weighted by Gasteiger charge is -2.22. The highest BCUT2D eigenvalue weighted by Crippen LogP contribution is 2.36. The first-order chi connectivity index (χ1) is 19.5.